The lowest BCUT2D eigenvalue weighted by atomic mass is 10.1. The second kappa shape index (κ2) is 11.9. The molecule has 0 radical (unpaired) electrons. The van der Waals surface area contributed by atoms with E-state index in [-0.39, 0.29) is 17.7 Å². The number of halogens is 1. The summed E-state index contributed by atoms with van der Waals surface area (Å²) < 4.78 is 12.0. The monoisotopic (exact) mass is 568 g/mol. The van der Waals surface area contributed by atoms with Crippen LogP contribution in [0.25, 0.3) is 6.08 Å². The van der Waals surface area contributed by atoms with E-state index in [1.165, 1.54) is 18.2 Å². The van der Waals surface area contributed by atoms with Gasteiger partial charge in [-0.05, 0) is 95.2 Å². The fourth-order valence-electron chi connectivity index (χ4n) is 2.94. The second-order valence-electron chi connectivity index (χ2n) is 7.06. The van der Waals surface area contributed by atoms with E-state index in [1.807, 2.05) is 19.1 Å². The number of carbonyl (C=O) groups excluding carboxylic acids is 1. The van der Waals surface area contributed by atoms with Crippen molar-refractivity contribution in [3.8, 4) is 17.6 Å². The molecule has 172 valence electrons. The minimum absolute atomic E-state index is 0.0307. The molecule has 0 bridgehead atoms. The minimum Gasteiger partial charge on any atom is -0.494 e. The number of hydrogen-bond donors (Lipinski definition) is 2. The lowest BCUT2D eigenvalue weighted by Gasteiger charge is -2.10. The molecular formula is C26H21IN2O5. The third-order valence-corrected chi connectivity index (χ3v) is 5.49. The quantitative estimate of drug-likeness (QED) is 0.200. The molecule has 0 atom stereocenters. The van der Waals surface area contributed by atoms with E-state index in [2.05, 4.69) is 27.9 Å². The van der Waals surface area contributed by atoms with Crippen LogP contribution in [-0.2, 0) is 11.4 Å². The predicted molar refractivity (Wildman–Crippen MR) is 137 cm³/mol. The van der Waals surface area contributed by atoms with E-state index >= 15 is 0 Å². The predicted octanol–water partition coefficient (Wildman–Crippen LogP) is 5.51. The Kier molecular flexibility index (Phi) is 8.65. The van der Waals surface area contributed by atoms with E-state index in [0.29, 0.717) is 29.4 Å². The van der Waals surface area contributed by atoms with Crippen molar-refractivity contribution in [2.75, 3.05) is 11.9 Å². The molecule has 0 aromatic heterocycles. The molecule has 0 saturated carbocycles. The highest BCUT2D eigenvalue weighted by Crippen LogP contribution is 2.25. The van der Waals surface area contributed by atoms with Gasteiger partial charge >= 0.3 is 5.97 Å². The van der Waals surface area contributed by atoms with Gasteiger partial charge in [-0.25, -0.2) is 4.79 Å². The molecule has 0 saturated heterocycles. The highest BCUT2D eigenvalue weighted by atomic mass is 127. The van der Waals surface area contributed by atoms with Crippen LogP contribution in [0.5, 0.6) is 11.5 Å². The zero-order chi connectivity index (χ0) is 24.5. The number of aromatic carboxylic acids is 1. The number of rotatable bonds is 9. The van der Waals surface area contributed by atoms with E-state index in [0.717, 1.165) is 9.13 Å². The van der Waals surface area contributed by atoms with Crippen LogP contribution in [0, 0.1) is 14.9 Å². The van der Waals surface area contributed by atoms with Crippen molar-refractivity contribution < 1.29 is 24.2 Å². The van der Waals surface area contributed by atoms with Crippen LogP contribution < -0.4 is 14.8 Å². The molecule has 0 spiro atoms. The van der Waals surface area contributed by atoms with Gasteiger partial charge in [0, 0.05) is 5.69 Å². The van der Waals surface area contributed by atoms with Crippen molar-refractivity contribution >= 4 is 46.2 Å². The first-order valence-electron chi connectivity index (χ1n) is 10.3. The van der Waals surface area contributed by atoms with Gasteiger partial charge in [0.1, 0.15) is 29.7 Å². The summed E-state index contributed by atoms with van der Waals surface area (Å²) in [6.45, 7) is 2.72. The van der Waals surface area contributed by atoms with Gasteiger partial charge in [0.25, 0.3) is 5.91 Å². The molecule has 3 aromatic carbocycles. The molecule has 0 heterocycles. The van der Waals surface area contributed by atoms with Crippen LogP contribution >= 0.6 is 22.6 Å². The number of hydrogen-bond acceptors (Lipinski definition) is 5. The molecule has 3 rings (SSSR count). The average Bonchev–Trinajstić information content (AvgIpc) is 2.83. The molecule has 1 amide bonds. The van der Waals surface area contributed by atoms with Crippen molar-refractivity contribution in [1.82, 2.24) is 0 Å². The van der Waals surface area contributed by atoms with Crippen LogP contribution in [-0.4, -0.2) is 23.6 Å². The highest BCUT2D eigenvalue weighted by molar-refractivity contribution is 14.1. The number of carboxylic acid groups (broad SMARTS) is 1. The summed E-state index contributed by atoms with van der Waals surface area (Å²) in [6, 6.07) is 20.7. The second-order valence-corrected chi connectivity index (χ2v) is 8.22. The van der Waals surface area contributed by atoms with Gasteiger partial charge in [0.15, 0.2) is 0 Å². The first kappa shape index (κ1) is 24.8. The summed E-state index contributed by atoms with van der Waals surface area (Å²) in [7, 11) is 0. The maximum atomic E-state index is 12.5. The summed E-state index contributed by atoms with van der Waals surface area (Å²) in [5.74, 6) is -0.148. The number of nitrogens with one attached hydrogen (secondary N) is 1. The third kappa shape index (κ3) is 6.83. The molecule has 34 heavy (non-hydrogen) atoms. The molecule has 3 aromatic rings. The smallest absolute Gasteiger partial charge is 0.335 e. The maximum Gasteiger partial charge on any atom is 0.335 e. The van der Waals surface area contributed by atoms with Crippen LogP contribution in [0.15, 0.2) is 72.3 Å². The van der Waals surface area contributed by atoms with Gasteiger partial charge < -0.3 is 19.9 Å². The Labute approximate surface area is 210 Å². The molecule has 7 nitrogen and oxygen atoms in total. The van der Waals surface area contributed by atoms with Gasteiger partial charge in [-0.2, -0.15) is 5.26 Å². The van der Waals surface area contributed by atoms with Crippen LogP contribution in [0.3, 0.4) is 0 Å². The number of amides is 1. The summed E-state index contributed by atoms with van der Waals surface area (Å²) in [4.78, 5) is 23.5. The van der Waals surface area contributed by atoms with Crippen LogP contribution in [0.1, 0.15) is 28.4 Å². The lowest BCUT2D eigenvalue weighted by Crippen LogP contribution is -2.13. The summed E-state index contributed by atoms with van der Waals surface area (Å²) in [6.07, 6.45) is 1.51. The lowest BCUT2D eigenvalue weighted by molar-refractivity contribution is -0.112. The van der Waals surface area contributed by atoms with E-state index in [4.69, 9.17) is 14.6 Å². The van der Waals surface area contributed by atoms with E-state index in [9.17, 15) is 14.9 Å². The van der Waals surface area contributed by atoms with Crippen LogP contribution in [0.2, 0.25) is 0 Å². The van der Waals surface area contributed by atoms with Gasteiger partial charge in [0.2, 0.25) is 0 Å². The topological polar surface area (TPSA) is 109 Å². The Balaban J connectivity index is 1.65. The molecule has 8 heteroatoms. The molecule has 0 aliphatic carbocycles. The number of carbonyl (C=O) groups is 2. The van der Waals surface area contributed by atoms with Crippen molar-refractivity contribution in [1.29, 1.82) is 5.26 Å². The van der Waals surface area contributed by atoms with Crippen molar-refractivity contribution in [2.24, 2.45) is 0 Å². The molecular weight excluding hydrogens is 547 g/mol. The number of nitrogens with zero attached hydrogens (tertiary/aromatic N) is 1. The van der Waals surface area contributed by atoms with E-state index in [1.54, 1.807) is 48.5 Å². The Bertz CT molecular complexity index is 1250. The fourth-order valence-corrected chi connectivity index (χ4v) is 3.64. The standard InChI is InChI=1S/C26H21IN2O5/c1-2-33-22-10-8-21(9-11-22)29-25(30)20(15-28)13-18-5-12-24(23(27)14-18)34-16-17-3-6-19(7-4-17)26(31)32/h3-14H,2,16H2,1H3,(H,29,30)(H,31,32)/b20-13-. The number of ether oxygens (including phenoxy) is 2. The van der Waals surface area contributed by atoms with Crippen molar-refractivity contribution in [3.63, 3.8) is 0 Å². The number of carboxylic acids is 1. The average molecular weight is 568 g/mol. The number of anilines is 1. The zero-order valence-electron chi connectivity index (χ0n) is 18.2. The SMILES string of the molecule is CCOc1ccc(NC(=O)/C(C#N)=C\c2ccc(OCc3ccc(C(=O)O)cc3)c(I)c2)cc1. The molecule has 0 fully saturated rings. The molecule has 0 aliphatic heterocycles. The Hall–Kier alpha value is -3.84. The fraction of sp³-hybridized carbons (Fsp3) is 0.115. The molecule has 0 unspecified atom stereocenters. The van der Waals surface area contributed by atoms with Gasteiger partial charge in [-0.15, -0.1) is 0 Å². The normalized spacial score (nSPS) is 10.8. The van der Waals surface area contributed by atoms with Crippen molar-refractivity contribution in [3.05, 3.63) is 92.6 Å². The van der Waals surface area contributed by atoms with Gasteiger partial charge in [-0.1, -0.05) is 18.2 Å². The first-order chi connectivity index (χ1) is 16.4. The maximum absolute atomic E-state index is 12.5. The Morgan fingerprint density at radius 1 is 1.06 bits per heavy atom. The Morgan fingerprint density at radius 2 is 1.76 bits per heavy atom. The van der Waals surface area contributed by atoms with Gasteiger partial charge in [-0.3, -0.25) is 4.79 Å². The van der Waals surface area contributed by atoms with Crippen LogP contribution in [0.4, 0.5) is 5.69 Å². The summed E-state index contributed by atoms with van der Waals surface area (Å²) >= 11 is 2.12. The van der Waals surface area contributed by atoms with Gasteiger partial charge in [0.05, 0.1) is 15.7 Å². The first-order valence-corrected chi connectivity index (χ1v) is 11.4. The Morgan fingerprint density at radius 3 is 2.35 bits per heavy atom. The number of benzene rings is 3. The largest absolute Gasteiger partial charge is 0.494 e. The highest BCUT2D eigenvalue weighted by Gasteiger charge is 2.11. The summed E-state index contributed by atoms with van der Waals surface area (Å²) in [5.41, 5.74) is 2.26. The number of nitriles is 1. The minimum atomic E-state index is -0.976. The van der Waals surface area contributed by atoms with Crippen molar-refractivity contribution in [2.45, 2.75) is 13.5 Å². The molecule has 2 N–H and O–H groups in total. The summed E-state index contributed by atoms with van der Waals surface area (Å²) in [5, 5.41) is 21.2. The molecule has 0 aliphatic rings. The van der Waals surface area contributed by atoms with E-state index < -0.39 is 11.9 Å². The zero-order valence-corrected chi connectivity index (χ0v) is 20.4. The third-order valence-electron chi connectivity index (χ3n) is 4.65.